The van der Waals surface area contributed by atoms with Crippen molar-refractivity contribution in [1.29, 1.82) is 0 Å². The van der Waals surface area contributed by atoms with Crippen LogP contribution in [0, 0.1) is 0 Å². The Labute approximate surface area is 79.1 Å². The van der Waals surface area contributed by atoms with E-state index in [9.17, 15) is 0 Å². The quantitative estimate of drug-likeness (QED) is 0.622. The van der Waals surface area contributed by atoms with Crippen molar-refractivity contribution in [2.24, 2.45) is 0 Å². The molecule has 0 saturated carbocycles. The topological polar surface area (TPSA) is 24.1 Å². The van der Waals surface area contributed by atoms with Gasteiger partial charge in [-0.15, -0.1) is 0 Å². The molecule has 2 nitrogen and oxygen atoms in total. The summed E-state index contributed by atoms with van der Waals surface area (Å²) in [7, 11) is 0. The van der Waals surface area contributed by atoms with Gasteiger partial charge in [0.25, 0.3) is 0 Å². The molecule has 2 aliphatic heterocycles. The van der Waals surface area contributed by atoms with E-state index in [0.29, 0.717) is 12.1 Å². The summed E-state index contributed by atoms with van der Waals surface area (Å²) in [6.07, 6.45) is 5.07. The zero-order valence-corrected chi connectivity index (χ0v) is 8.12. The van der Waals surface area contributed by atoms with E-state index in [1.54, 1.807) is 0 Å². The first kappa shape index (κ1) is 8.60. The normalized spacial score (nSPS) is 35.7. The van der Waals surface area contributed by atoms with Gasteiger partial charge in [0.2, 0.25) is 0 Å². The van der Waals surface area contributed by atoms with Gasteiger partial charge in [0.15, 0.2) is 0 Å². The fraction of sp³-hybridized carbons (Fsp3) is 0.889. The van der Waals surface area contributed by atoms with Crippen LogP contribution in [-0.4, -0.2) is 30.0 Å². The number of nitrogens with one attached hydrogen (secondary N) is 2. The summed E-state index contributed by atoms with van der Waals surface area (Å²) in [5, 5.41) is 6.90. The summed E-state index contributed by atoms with van der Waals surface area (Å²) in [6, 6.07) is 1.05. The molecule has 2 N–H and O–H groups in total. The minimum absolute atomic E-state index is 0.524. The Bertz CT molecular complexity index is 151. The van der Waals surface area contributed by atoms with Gasteiger partial charge in [-0.1, -0.05) is 12.2 Å². The highest BCUT2D eigenvalue weighted by molar-refractivity contribution is 7.80. The first-order chi connectivity index (χ1) is 5.88. The van der Waals surface area contributed by atoms with Crippen molar-refractivity contribution < 1.29 is 0 Å². The van der Waals surface area contributed by atoms with E-state index in [4.69, 9.17) is 12.2 Å². The molecule has 2 unspecified atom stereocenters. The standard InChI is InChI=1S/C9H16N2S/c12-9(7-3-1-5-10-7)8-4-2-6-11-8/h7-8,10-11H,1-6H2. The number of thiocarbonyl (C=S) groups is 1. The molecule has 2 fully saturated rings. The molecular formula is C9H16N2S. The molecule has 0 aromatic heterocycles. The molecule has 0 aromatic carbocycles. The van der Waals surface area contributed by atoms with Gasteiger partial charge < -0.3 is 10.6 Å². The summed E-state index contributed by atoms with van der Waals surface area (Å²) >= 11 is 5.45. The lowest BCUT2D eigenvalue weighted by molar-refractivity contribution is 0.694. The van der Waals surface area contributed by atoms with Gasteiger partial charge >= 0.3 is 0 Å². The number of hydrogen-bond donors (Lipinski definition) is 2. The first-order valence-electron chi connectivity index (χ1n) is 4.88. The molecule has 68 valence electrons. The molecule has 2 heterocycles. The van der Waals surface area contributed by atoms with E-state index in [2.05, 4.69) is 10.6 Å². The molecule has 0 aliphatic carbocycles. The maximum atomic E-state index is 5.45. The van der Waals surface area contributed by atoms with E-state index >= 15 is 0 Å². The smallest absolute Gasteiger partial charge is 0.0400 e. The second kappa shape index (κ2) is 3.81. The average Bonchev–Trinajstić information content (AvgIpc) is 2.77. The lowest BCUT2D eigenvalue weighted by Crippen LogP contribution is -2.41. The highest BCUT2D eigenvalue weighted by Gasteiger charge is 2.26. The summed E-state index contributed by atoms with van der Waals surface area (Å²) in [4.78, 5) is 1.23. The van der Waals surface area contributed by atoms with Crippen molar-refractivity contribution in [3.05, 3.63) is 0 Å². The molecule has 2 aliphatic rings. The zero-order valence-electron chi connectivity index (χ0n) is 7.31. The van der Waals surface area contributed by atoms with Crippen LogP contribution in [0.15, 0.2) is 0 Å². The Balaban J connectivity index is 1.89. The molecule has 0 aromatic rings. The summed E-state index contributed by atoms with van der Waals surface area (Å²) in [5.74, 6) is 0. The maximum Gasteiger partial charge on any atom is 0.0400 e. The fourth-order valence-corrected chi connectivity index (χ4v) is 2.50. The SMILES string of the molecule is S=C(C1CCCN1)C1CCCN1. The first-order valence-corrected chi connectivity index (χ1v) is 5.29. The van der Waals surface area contributed by atoms with Crippen LogP contribution in [0.5, 0.6) is 0 Å². The molecular weight excluding hydrogens is 168 g/mol. The predicted molar refractivity (Wildman–Crippen MR) is 54.6 cm³/mol. The van der Waals surface area contributed by atoms with Crippen molar-refractivity contribution in [3.8, 4) is 0 Å². The van der Waals surface area contributed by atoms with Crippen molar-refractivity contribution >= 4 is 17.1 Å². The van der Waals surface area contributed by atoms with Gasteiger partial charge in [0.1, 0.15) is 0 Å². The number of rotatable bonds is 2. The minimum Gasteiger partial charge on any atom is -0.309 e. The Morgan fingerprint density at radius 2 is 1.50 bits per heavy atom. The average molecular weight is 184 g/mol. The van der Waals surface area contributed by atoms with Crippen LogP contribution in [0.1, 0.15) is 25.7 Å². The van der Waals surface area contributed by atoms with Gasteiger partial charge in [-0.2, -0.15) is 0 Å². The van der Waals surface area contributed by atoms with Crippen LogP contribution in [0.4, 0.5) is 0 Å². The van der Waals surface area contributed by atoms with Gasteiger partial charge in [0.05, 0.1) is 0 Å². The number of hydrogen-bond acceptors (Lipinski definition) is 3. The lowest BCUT2D eigenvalue weighted by Gasteiger charge is -2.17. The molecule has 12 heavy (non-hydrogen) atoms. The van der Waals surface area contributed by atoms with Crippen molar-refractivity contribution in [1.82, 2.24) is 10.6 Å². The Morgan fingerprint density at radius 1 is 1.00 bits per heavy atom. The molecule has 0 bridgehead atoms. The minimum atomic E-state index is 0.524. The molecule has 2 saturated heterocycles. The highest BCUT2D eigenvalue weighted by atomic mass is 32.1. The van der Waals surface area contributed by atoms with E-state index in [1.165, 1.54) is 30.5 Å². The van der Waals surface area contributed by atoms with E-state index in [1.807, 2.05) is 0 Å². The largest absolute Gasteiger partial charge is 0.309 e. The molecule has 0 spiro atoms. The van der Waals surface area contributed by atoms with Gasteiger partial charge in [-0.3, -0.25) is 0 Å². The predicted octanol–water partition coefficient (Wildman–Crippen LogP) is 0.860. The van der Waals surface area contributed by atoms with Crippen LogP contribution in [0.3, 0.4) is 0 Å². The third kappa shape index (κ3) is 1.68. The summed E-state index contributed by atoms with van der Waals surface area (Å²) in [6.45, 7) is 2.30. The van der Waals surface area contributed by atoms with Gasteiger partial charge in [-0.05, 0) is 38.8 Å². The third-order valence-corrected chi connectivity index (χ3v) is 3.38. The van der Waals surface area contributed by atoms with Crippen LogP contribution in [-0.2, 0) is 0 Å². The van der Waals surface area contributed by atoms with Crippen molar-refractivity contribution in [2.75, 3.05) is 13.1 Å². The van der Waals surface area contributed by atoms with Crippen molar-refractivity contribution in [3.63, 3.8) is 0 Å². The highest BCUT2D eigenvalue weighted by Crippen LogP contribution is 2.15. The van der Waals surface area contributed by atoms with E-state index in [0.717, 1.165) is 13.1 Å². The van der Waals surface area contributed by atoms with Crippen LogP contribution in [0.2, 0.25) is 0 Å². The fourth-order valence-electron chi connectivity index (χ4n) is 2.10. The lowest BCUT2D eigenvalue weighted by atomic mass is 10.0. The van der Waals surface area contributed by atoms with Crippen LogP contribution in [0.25, 0.3) is 0 Å². The zero-order chi connectivity index (χ0) is 8.39. The second-order valence-electron chi connectivity index (χ2n) is 3.70. The van der Waals surface area contributed by atoms with E-state index < -0.39 is 0 Å². The molecule has 3 heteroatoms. The molecule has 2 rings (SSSR count). The third-order valence-electron chi connectivity index (χ3n) is 2.81. The molecule has 2 atom stereocenters. The molecule has 0 amide bonds. The summed E-state index contributed by atoms with van der Waals surface area (Å²) < 4.78 is 0. The van der Waals surface area contributed by atoms with Crippen molar-refractivity contribution in [2.45, 2.75) is 37.8 Å². The van der Waals surface area contributed by atoms with Crippen LogP contribution < -0.4 is 10.6 Å². The van der Waals surface area contributed by atoms with Gasteiger partial charge in [-0.25, -0.2) is 0 Å². The Kier molecular flexibility index (Phi) is 2.73. The Morgan fingerprint density at radius 3 is 1.83 bits per heavy atom. The van der Waals surface area contributed by atoms with Crippen LogP contribution >= 0.6 is 12.2 Å². The van der Waals surface area contributed by atoms with E-state index in [-0.39, 0.29) is 0 Å². The molecule has 0 radical (unpaired) electrons. The van der Waals surface area contributed by atoms with Gasteiger partial charge in [0, 0.05) is 16.9 Å². The summed E-state index contributed by atoms with van der Waals surface area (Å²) in [5.41, 5.74) is 0. The Hall–Kier alpha value is 0.0100. The second-order valence-corrected chi connectivity index (χ2v) is 4.17. The monoisotopic (exact) mass is 184 g/mol. The maximum absolute atomic E-state index is 5.45.